The van der Waals surface area contributed by atoms with Crippen LogP contribution in [0.3, 0.4) is 0 Å². The minimum absolute atomic E-state index is 0.0821. The van der Waals surface area contributed by atoms with Crippen molar-refractivity contribution in [2.45, 2.75) is 25.3 Å². The van der Waals surface area contributed by atoms with Gasteiger partial charge < -0.3 is 15.3 Å². The Morgan fingerprint density at radius 2 is 2.05 bits per heavy atom. The highest BCUT2D eigenvalue weighted by Gasteiger charge is 2.31. The zero-order chi connectivity index (χ0) is 16.1. The Balaban J connectivity index is 1.97. The number of carbonyl (C=O) groups is 3. The van der Waals surface area contributed by atoms with Crippen LogP contribution in [0.2, 0.25) is 0 Å². The summed E-state index contributed by atoms with van der Waals surface area (Å²) >= 11 is 0. The first-order valence-corrected chi connectivity index (χ1v) is 7.28. The number of hydrogen-bond donors (Lipinski definition) is 2. The van der Waals surface area contributed by atoms with Crippen LogP contribution in [-0.4, -0.2) is 47.4 Å². The molecule has 1 aromatic carbocycles. The Kier molecular flexibility index (Phi) is 5.14. The van der Waals surface area contributed by atoms with E-state index in [-0.39, 0.29) is 24.7 Å². The van der Waals surface area contributed by atoms with Crippen LogP contribution in [0.15, 0.2) is 30.3 Å². The van der Waals surface area contributed by atoms with Crippen LogP contribution in [-0.2, 0) is 20.8 Å². The minimum Gasteiger partial charge on any atom is -0.480 e. The molecule has 1 saturated heterocycles. The molecule has 0 aromatic heterocycles. The van der Waals surface area contributed by atoms with E-state index in [9.17, 15) is 19.5 Å². The van der Waals surface area contributed by atoms with Crippen molar-refractivity contribution in [3.8, 4) is 0 Å². The second-order valence-corrected chi connectivity index (χ2v) is 5.59. The van der Waals surface area contributed by atoms with Gasteiger partial charge in [-0.2, -0.15) is 0 Å². The lowest BCUT2D eigenvalue weighted by Crippen LogP contribution is -2.48. The van der Waals surface area contributed by atoms with Crippen molar-refractivity contribution < 1.29 is 19.5 Å². The highest BCUT2D eigenvalue weighted by molar-refractivity contribution is 5.89. The molecule has 2 atom stereocenters. The van der Waals surface area contributed by atoms with Crippen LogP contribution >= 0.6 is 0 Å². The molecule has 22 heavy (non-hydrogen) atoms. The standard InChI is InChI=1S/C16H20N2O4/c1-18-8-7-12(10-14(18)19)15(20)17-13(16(21)22)9-11-5-3-2-4-6-11/h2-6,12-13H,7-10H2,1H3,(H,17,20)(H,21,22)/t12?,13-/m1/s1. The van der Waals surface area contributed by atoms with Crippen molar-refractivity contribution in [3.63, 3.8) is 0 Å². The Labute approximate surface area is 129 Å². The number of nitrogens with zero attached hydrogens (tertiary/aromatic N) is 1. The van der Waals surface area contributed by atoms with Gasteiger partial charge in [-0.15, -0.1) is 0 Å². The number of piperidine rings is 1. The number of carbonyl (C=O) groups excluding carboxylic acids is 2. The Morgan fingerprint density at radius 3 is 2.64 bits per heavy atom. The Bertz CT molecular complexity index is 559. The van der Waals surface area contributed by atoms with E-state index in [0.29, 0.717) is 13.0 Å². The molecule has 1 aliphatic rings. The van der Waals surface area contributed by atoms with Crippen molar-refractivity contribution in [1.29, 1.82) is 0 Å². The lowest BCUT2D eigenvalue weighted by Gasteiger charge is -2.28. The number of amides is 2. The SMILES string of the molecule is CN1CCC(C(=O)N[C@H](Cc2ccccc2)C(=O)O)CC1=O. The molecule has 6 heteroatoms. The number of carboxylic acid groups (broad SMARTS) is 1. The molecule has 1 aliphatic heterocycles. The Hall–Kier alpha value is -2.37. The number of benzene rings is 1. The van der Waals surface area contributed by atoms with Gasteiger partial charge in [-0.1, -0.05) is 30.3 Å². The average molecular weight is 304 g/mol. The van der Waals surface area contributed by atoms with E-state index in [1.165, 1.54) is 0 Å². The summed E-state index contributed by atoms with van der Waals surface area (Å²) in [6, 6.07) is 8.16. The van der Waals surface area contributed by atoms with Gasteiger partial charge in [0.25, 0.3) is 0 Å². The van der Waals surface area contributed by atoms with Gasteiger partial charge in [0.15, 0.2) is 0 Å². The third kappa shape index (κ3) is 4.07. The monoisotopic (exact) mass is 304 g/mol. The van der Waals surface area contributed by atoms with Crippen molar-refractivity contribution in [3.05, 3.63) is 35.9 Å². The maximum Gasteiger partial charge on any atom is 0.326 e. The van der Waals surface area contributed by atoms with Crippen molar-refractivity contribution in [2.24, 2.45) is 5.92 Å². The van der Waals surface area contributed by atoms with E-state index in [2.05, 4.69) is 5.32 Å². The van der Waals surface area contributed by atoms with Gasteiger partial charge in [0.2, 0.25) is 11.8 Å². The molecular formula is C16H20N2O4. The molecular weight excluding hydrogens is 284 g/mol. The van der Waals surface area contributed by atoms with Crippen LogP contribution in [0.1, 0.15) is 18.4 Å². The zero-order valence-corrected chi connectivity index (χ0v) is 12.5. The van der Waals surface area contributed by atoms with E-state index < -0.39 is 17.9 Å². The lowest BCUT2D eigenvalue weighted by atomic mass is 9.95. The largest absolute Gasteiger partial charge is 0.480 e. The number of hydrogen-bond acceptors (Lipinski definition) is 3. The number of nitrogens with one attached hydrogen (secondary N) is 1. The van der Waals surface area contributed by atoms with Gasteiger partial charge in [0.05, 0.1) is 0 Å². The fourth-order valence-electron chi connectivity index (χ4n) is 2.51. The molecule has 0 radical (unpaired) electrons. The van der Waals surface area contributed by atoms with E-state index in [1.807, 2.05) is 30.3 Å². The predicted molar refractivity (Wildman–Crippen MR) is 80.1 cm³/mol. The van der Waals surface area contributed by atoms with Crippen LogP contribution in [0.25, 0.3) is 0 Å². The van der Waals surface area contributed by atoms with Crippen molar-refractivity contribution >= 4 is 17.8 Å². The van der Waals surface area contributed by atoms with Gasteiger partial charge >= 0.3 is 5.97 Å². The molecule has 0 aliphatic carbocycles. The molecule has 2 rings (SSSR count). The number of rotatable bonds is 5. The average Bonchev–Trinajstić information content (AvgIpc) is 2.50. The van der Waals surface area contributed by atoms with Gasteiger partial charge in [-0.3, -0.25) is 9.59 Å². The van der Waals surface area contributed by atoms with E-state index in [1.54, 1.807) is 11.9 Å². The highest BCUT2D eigenvalue weighted by atomic mass is 16.4. The van der Waals surface area contributed by atoms with Gasteiger partial charge in [0, 0.05) is 32.4 Å². The molecule has 2 N–H and O–H groups in total. The van der Waals surface area contributed by atoms with E-state index in [4.69, 9.17) is 0 Å². The lowest BCUT2D eigenvalue weighted by molar-refractivity contribution is -0.144. The molecule has 6 nitrogen and oxygen atoms in total. The van der Waals surface area contributed by atoms with Crippen LogP contribution < -0.4 is 5.32 Å². The second kappa shape index (κ2) is 7.06. The molecule has 2 amide bonds. The molecule has 1 unspecified atom stereocenters. The maximum absolute atomic E-state index is 12.2. The topological polar surface area (TPSA) is 86.7 Å². The smallest absolute Gasteiger partial charge is 0.326 e. The second-order valence-electron chi connectivity index (χ2n) is 5.59. The van der Waals surface area contributed by atoms with Crippen LogP contribution in [0.5, 0.6) is 0 Å². The fraction of sp³-hybridized carbons (Fsp3) is 0.438. The molecule has 0 bridgehead atoms. The molecule has 0 saturated carbocycles. The predicted octanol–water partition coefficient (Wildman–Crippen LogP) is 0.667. The van der Waals surface area contributed by atoms with Crippen LogP contribution in [0, 0.1) is 5.92 Å². The summed E-state index contributed by atoms with van der Waals surface area (Å²) in [7, 11) is 1.70. The molecule has 1 aromatic rings. The van der Waals surface area contributed by atoms with Gasteiger partial charge in [-0.25, -0.2) is 4.79 Å². The van der Waals surface area contributed by atoms with Crippen molar-refractivity contribution in [2.75, 3.05) is 13.6 Å². The number of aliphatic carboxylic acids is 1. The quantitative estimate of drug-likeness (QED) is 0.837. The molecule has 118 valence electrons. The third-order valence-corrected chi connectivity index (χ3v) is 3.93. The minimum atomic E-state index is -1.07. The first kappa shape index (κ1) is 16.0. The zero-order valence-electron chi connectivity index (χ0n) is 12.5. The number of likely N-dealkylation sites (tertiary alicyclic amines) is 1. The number of carboxylic acids is 1. The van der Waals surface area contributed by atoms with Crippen LogP contribution in [0.4, 0.5) is 0 Å². The Morgan fingerprint density at radius 1 is 1.36 bits per heavy atom. The van der Waals surface area contributed by atoms with Gasteiger partial charge in [-0.05, 0) is 12.0 Å². The van der Waals surface area contributed by atoms with Gasteiger partial charge in [0.1, 0.15) is 6.04 Å². The molecule has 0 spiro atoms. The fourth-order valence-corrected chi connectivity index (χ4v) is 2.51. The summed E-state index contributed by atoms with van der Waals surface area (Å²) in [5.74, 6) is -1.95. The molecule has 1 heterocycles. The summed E-state index contributed by atoms with van der Waals surface area (Å²) in [5, 5.41) is 11.8. The highest BCUT2D eigenvalue weighted by Crippen LogP contribution is 2.17. The normalized spacial score (nSPS) is 19.6. The summed E-state index contributed by atoms with van der Waals surface area (Å²) in [6.07, 6.45) is 0.925. The summed E-state index contributed by atoms with van der Waals surface area (Å²) in [6.45, 7) is 0.521. The summed E-state index contributed by atoms with van der Waals surface area (Å²) in [4.78, 5) is 36.8. The first-order valence-electron chi connectivity index (χ1n) is 7.28. The van der Waals surface area contributed by atoms with E-state index in [0.717, 1.165) is 5.56 Å². The first-order chi connectivity index (χ1) is 10.5. The maximum atomic E-state index is 12.2. The summed E-state index contributed by atoms with van der Waals surface area (Å²) in [5.41, 5.74) is 0.842. The van der Waals surface area contributed by atoms with E-state index >= 15 is 0 Å². The third-order valence-electron chi connectivity index (χ3n) is 3.93. The van der Waals surface area contributed by atoms with Crippen molar-refractivity contribution in [1.82, 2.24) is 10.2 Å². The summed E-state index contributed by atoms with van der Waals surface area (Å²) < 4.78 is 0. The molecule has 1 fully saturated rings.